The van der Waals surface area contributed by atoms with Crippen molar-refractivity contribution in [2.24, 2.45) is 5.92 Å². The van der Waals surface area contributed by atoms with Gasteiger partial charge in [0.1, 0.15) is 34.7 Å². The highest BCUT2D eigenvalue weighted by atomic mass is 16.6. The van der Waals surface area contributed by atoms with E-state index in [1.807, 2.05) is 48.6 Å². The molecule has 0 radical (unpaired) electrons. The number of non-ortho nitro benzene ring substituents is 1. The minimum atomic E-state index is -0.841. The molecular formula is C33H21N5O6. The molecule has 0 amide bonds. The molecule has 3 heterocycles. The Kier molecular flexibility index (Phi) is 6.61. The minimum Gasteiger partial charge on any atom is -0.457 e. The third-order valence-corrected chi connectivity index (χ3v) is 7.72. The van der Waals surface area contributed by atoms with E-state index in [1.54, 1.807) is 12.1 Å². The summed E-state index contributed by atoms with van der Waals surface area (Å²) < 4.78 is 23.3. The number of fused-ring (bicyclic) bond motifs is 4. The average molecular weight is 584 g/mol. The van der Waals surface area contributed by atoms with E-state index >= 15 is 0 Å². The van der Waals surface area contributed by atoms with Crippen molar-refractivity contribution in [3.05, 3.63) is 117 Å². The highest BCUT2D eigenvalue weighted by molar-refractivity contribution is 5.88. The van der Waals surface area contributed by atoms with Crippen molar-refractivity contribution in [3.63, 3.8) is 0 Å². The van der Waals surface area contributed by atoms with Gasteiger partial charge in [-0.25, -0.2) is 4.63 Å². The number of ether oxygens (including phenoxy) is 3. The number of aromatic nitrogens is 2. The van der Waals surface area contributed by atoms with E-state index in [0.29, 0.717) is 23.0 Å². The number of benzene rings is 3. The molecule has 0 saturated carbocycles. The predicted molar refractivity (Wildman–Crippen MR) is 156 cm³/mol. The van der Waals surface area contributed by atoms with Crippen molar-refractivity contribution in [2.45, 2.75) is 25.2 Å². The molecule has 4 aromatic rings. The summed E-state index contributed by atoms with van der Waals surface area (Å²) in [5.74, 6) is 1.99. The van der Waals surface area contributed by atoms with E-state index in [0.717, 1.165) is 47.3 Å². The molecule has 3 aromatic carbocycles. The minimum absolute atomic E-state index is 0.000660. The second kappa shape index (κ2) is 10.9. The van der Waals surface area contributed by atoms with Gasteiger partial charge < -0.3 is 14.2 Å². The van der Waals surface area contributed by atoms with Crippen LogP contribution in [0.5, 0.6) is 23.0 Å². The van der Waals surface area contributed by atoms with Crippen LogP contribution in [0.2, 0.25) is 0 Å². The Labute approximate surface area is 250 Å². The average Bonchev–Trinajstić information content (AvgIpc) is 3.54. The maximum atomic E-state index is 11.3. The zero-order valence-electron chi connectivity index (χ0n) is 23.0. The summed E-state index contributed by atoms with van der Waals surface area (Å²) in [5, 5.41) is 37.9. The summed E-state index contributed by atoms with van der Waals surface area (Å²) in [6.45, 7) is 0. The number of nitriles is 2. The fraction of sp³-hybridized carbons (Fsp3) is 0.152. The number of hydrogen-bond acceptors (Lipinski definition) is 10. The Hall–Kier alpha value is -6.20. The third-order valence-electron chi connectivity index (χ3n) is 7.72. The van der Waals surface area contributed by atoms with Crippen LogP contribution < -0.4 is 14.2 Å². The number of nitro groups is 1. The number of rotatable bonds is 6. The highest BCUT2D eigenvalue weighted by Gasteiger charge is 2.29. The third kappa shape index (κ3) is 4.72. The first-order chi connectivity index (χ1) is 21.5. The molecule has 1 aromatic heterocycles. The van der Waals surface area contributed by atoms with Gasteiger partial charge in [-0.05, 0) is 83.2 Å². The largest absolute Gasteiger partial charge is 0.457 e. The lowest BCUT2D eigenvalue weighted by Crippen LogP contribution is -2.15. The quantitative estimate of drug-likeness (QED) is 0.165. The van der Waals surface area contributed by atoms with Gasteiger partial charge in [-0.15, -0.1) is 0 Å². The molecule has 1 aliphatic carbocycles. The molecular weight excluding hydrogens is 562 g/mol. The van der Waals surface area contributed by atoms with Crippen LogP contribution in [0.4, 0.5) is 5.69 Å². The summed E-state index contributed by atoms with van der Waals surface area (Å²) in [5.41, 5.74) is 3.69. The summed E-state index contributed by atoms with van der Waals surface area (Å²) in [7, 11) is 0. The number of allylic oxidation sites excluding steroid dienone is 5. The number of hydrogen-bond donors (Lipinski definition) is 0. The van der Waals surface area contributed by atoms with Gasteiger partial charge in [-0.1, -0.05) is 24.3 Å². The van der Waals surface area contributed by atoms with Crippen LogP contribution in [0.3, 0.4) is 0 Å². The van der Waals surface area contributed by atoms with Gasteiger partial charge in [0, 0.05) is 29.2 Å². The molecule has 0 N–H and O–H groups in total. The second-order valence-corrected chi connectivity index (χ2v) is 10.4. The Morgan fingerprint density at radius 1 is 1.00 bits per heavy atom. The lowest BCUT2D eigenvalue weighted by atomic mass is 9.85. The maximum absolute atomic E-state index is 11.3. The predicted octanol–water partition coefficient (Wildman–Crippen LogP) is 7.42. The number of nitrogens with zero attached hydrogens (tertiary/aromatic N) is 5. The lowest BCUT2D eigenvalue weighted by Gasteiger charge is -2.27. The van der Waals surface area contributed by atoms with E-state index < -0.39 is 16.8 Å². The van der Waals surface area contributed by atoms with E-state index in [1.165, 1.54) is 12.1 Å². The molecule has 1 atom stereocenters. The van der Waals surface area contributed by atoms with Gasteiger partial charge >= 0.3 is 5.69 Å². The molecule has 1 unspecified atom stereocenters. The van der Waals surface area contributed by atoms with Crippen molar-refractivity contribution in [3.8, 4) is 35.1 Å². The van der Waals surface area contributed by atoms with Crippen LogP contribution in [0.25, 0.3) is 17.1 Å². The Morgan fingerprint density at radius 3 is 2.68 bits per heavy atom. The van der Waals surface area contributed by atoms with Crippen LogP contribution >= 0.6 is 0 Å². The first-order valence-electron chi connectivity index (χ1n) is 13.8. The zero-order chi connectivity index (χ0) is 30.2. The first-order valence-corrected chi connectivity index (χ1v) is 13.8. The molecule has 11 heteroatoms. The van der Waals surface area contributed by atoms with Gasteiger partial charge in [0.2, 0.25) is 5.52 Å². The van der Waals surface area contributed by atoms with Crippen LogP contribution in [0, 0.1) is 38.7 Å². The summed E-state index contributed by atoms with van der Waals surface area (Å²) >= 11 is 0. The fourth-order valence-electron chi connectivity index (χ4n) is 5.62. The van der Waals surface area contributed by atoms with Crippen LogP contribution in [-0.4, -0.2) is 15.2 Å². The Bertz CT molecular complexity index is 2040. The molecule has 0 saturated heterocycles. The maximum Gasteiger partial charge on any atom is 0.301 e. The smallest absolute Gasteiger partial charge is 0.301 e. The lowest BCUT2D eigenvalue weighted by molar-refractivity contribution is -0.383. The molecule has 44 heavy (non-hydrogen) atoms. The normalized spacial score (nSPS) is 16.9. The topological polar surface area (TPSA) is 157 Å². The monoisotopic (exact) mass is 583 g/mol. The van der Waals surface area contributed by atoms with Gasteiger partial charge in [0.15, 0.2) is 11.3 Å². The molecule has 0 bridgehead atoms. The van der Waals surface area contributed by atoms with Crippen molar-refractivity contribution in [1.82, 2.24) is 10.3 Å². The van der Waals surface area contributed by atoms with Gasteiger partial charge in [0.25, 0.3) is 0 Å². The summed E-state index contributed by atoms with van der Waals surface area (Å²) in [6.07, 6.45) is 10.3. The van der Waals surface area contributed by atoms with Crippen LogP contribution in [0.15, 0.2) is 100 Å². The first kappa shape index (κ1) is 26.7. The molecule has 0 fully saturated rings. The van der Waals surface area contributed by atoms with Crippen molar-refractivity contribution >= 4 is 22.8 Å². The van der Waals surface area contributed by atoms with Crippen LogP contribution in [-0.2, 0) is 0 Å². The Balaban J connectivity index is 1.17. The van der Waals surface area contributed by atoms with E-state index in [-0.39, 0.29) is 22.5 Å². The van der Waals surface area contributed by atoms with E-state index in [2.05, 4.69) is 28.5 Å². The van der Waals surface area contributed by atoms with E-state index in [4.69, 9.17) is 18.8 Å². The SMILES string of the molecule is N#CC(C#N)C1C=C(/C=C/C2=C3Oc4cc(Oc5ccc([N+](=O)[O-])c6nonc56)ccc4C=C3CCC2)Oc2ccccc21. The van der Waals surface area contributed by atoms with Gasteiger partial charge in [-0.2, -0.15) is 10.5 Å². The summed E-state index contributed by atoms with van der Waals surface area (Å²) in [6, 6.07) is 19.8. The fourth-order valence-corrected chi connectivity index (χ4v) is 5.62. The molecule has 0 spiro atoms. The van der Waals surface area contributed by atoms with Crippen LogP contribution in [0.1, 0.15) is 36.3 Å². The molecule has 2 aliphatic heterocycles. The molecule has 3 aliphatic rings. The van der Waals surface area contributed by atoms with Crippen molar-refractivity contribution < 1.29 is 23.8 Å². The van der Waals surface area contributed by atoms with E-state index in [9.17, 15) is 20.6 Å². The molecule has 11 nitrogen and oxygen atoms in total. The second-order valence-electron chi connectivity index (χ2n) is 10.4. The van der Waals surface area contributed by atoms with Crippen molar-refractivity contribution in [2.75, 3.05) is 0 Å². The standard InChI is InChI=1S/C33H21N5O6/c34-17-22(18-35)26-15-23(41-28-7-2-1-6-25(26)28)10-8-19-4-3-5-21-14-20-9-11-24(16-30(20)43-33(19)21)42-29-13-12-27(38(39)40)31-32(29)37-44-36-31/h1-2,6-16,22,26H,3-5H2/b10-8+. The highest BCUT2D eigenvalue weighted by Crippen LogP contribution is 2.43. The Morgan fingerprint density at radius 2 is 1.84 bits per heavy atom. The number of para-hydroxylation sites is 1. The van der Waals surface area contributed by atoms with Gasteiger partial charge in [-0.3, -0.25) is 10.1 Å². The zero-order valence-corrected chi connectivity index (χ0v) is 23.0. The molecule has 7 rings (SSSR count). The number of nitro benzene ring substituents is 1. The van der Waals surface area contributed by atoms with Crippen molar-refractivity contribution in [1.29, 1.82) is 10.5 Å². The summed E-state index contributed by atoms with van der Waals surface area (Å²) in [4.78, 5) is 10.8. The van der Waals surface area contributed by atoms with Gasteiger partial charge in [0.05, 0.1) is 17.1 Å². The molecule has 214 valence electrons.